The molecule has 1 fully saturated rings. The number of carbonyl (C=O) groups is 1. The van der Waals surface area contributed by atoms with Crippen LogP contribution >= 0.6 is 15.9 Å². The minimum Gasteiger partial charge on any atom is -0.435 e. The Balaban J connectivity index is 1.72. The third-order valence-corrected chi connectivity index (χ3v) is 5.51. The Kier molecular flexibility index (Phi) is 7.62. The van der Waals surface area contributed by atoms with Crippen molar-refractivity contribution in [2.75, 3.05) is 0 Å². The first kappa shape index (κ1) is 21.0. The smallest absolute Gasteiger partial charge is 0.304 e. The molecule has 0 bridgehead atoms. The summed E-state index contributed by atoms with van der Waals surface area (Å²) >= 11 is 3.61. The van der Waals surface area contributed by atoms with Crippen LogP contribution in [0.3, 0.4) is 0 Å². The lowest BCUT2D eigenvalue weighted by molar-refractivity contribution is -0.254. The van der Waals surface area contributed by atoms with Gasteiger partial charge in [0.05, 0.1) is 19.3 Å². The first-order valence-corrected chi connectivity index (χ1v) is 10.2. The second-order valence-corrected chi connectivity index (χ2v) is 7.84. The van der Waals surface area contributed by atoms with Crippen LogP contribution in [0, 0.1) is 0 Å². The number of rotatable bonds is 7. The normalized spacial score (nSPS) is 27.3. The molecule has 28 heavy (non-hydrogen) atoms. The summed E-state index contributed by atoms with van der Waals surface area (Å²) in [5, 5.41) is 0. The summed E-state index contributed by atoms with van der Waals surface area (Å²) in [5.74, 6) is -0.396. The van der Waals surface area contributed by atoms with Gasteiger partial charge < -0.3 is 18.9 Å². The summed E-state index contributed by atoms with van der Waals surface area (Å²) < 4.78 is 23.6. The summed E-state index contributed by atoms with van der Waals surface area (Å²) in [7, 11) is 0. The highest BCUT2D eigenvalue weighted by molar-refractivity contribution is 9.09. The summed E-state index contributed by atoms with van der Waals surface area (Å²) in [4.78, 5) is 11.1. The van der Waals surface area contributed by atoms with Crippen molar-refractivity contribution in [1.82, 2.24) is 0 Å². The van der Waals surface area contributed by atoms with Crippen molar-refractivity contribution in [2.24, 2.45) is 0 Å². The Morgan fingerprint density at radius 2 is 1.43 bits per heavy atom. The van der Waals surface area contributed by atoms with Crippen LogP contribution in [0.1, 0.15) is 25.0 Å². The van der Waals surface area contributed by atoms with E-state index >= 15 is 0 Å². The molecule has 1 aliphatic heterocycles. The van der Waals surface area contributed by atoms with Crippen LogP contribution in [0.2, 0.25) is 0 Å². The number of halogens is 1. The van der Waals surface area contributed by atoms with Crippen LogP contribution in [-0.2, 0) is 37.0 Å². The third kappa shape index (κ3) is 5.64. The molecule has 0 amide bonds. The minimum atomic E-state index is -0.732. The van der Waals surface area contributed by atoms with Gasteiger partial charge in [-0.15, -0.1) is 0 Å². The summed E-state index contributed by atoms with van der Waals surface area (Å²) in [5.41, 5.74) is 2.14. The number of carbonyl (C=O) groups excluding carboxylic acids is 1. The van der Waals surface area contributed by atoms with E-state index in [4.69, 9.17) is 18.9 Å². The fourth-order valence-electron chi connectivity index (χ4n) is 3.17. The Labute approximate surface area is 174 Å². The van der Waals surface area contributed by atoms with E-state index in [-0.39, 0.29) is 23.1 Å². The second kappa shape index (κ2) is 10.2. The SMILES string of the molecule is CC(=O)O[C@H]1O[C@@H](C)[C@H](OCc2ccccc2)[C@@H](OCc2ccccc2)[C@@H]1Br. The predicted octanol–water partition coefficient (Wildman–Crippen LogP) is 4.23. The van der Waals surface area contributed by atoms with Crippen molar-refractivity contribution in [3.05, 3.63) is 71.8 Å². The molecule has 0 unspecified atom stereocenters. The van der Waals surface area contributed by atoms with Gasteiger partial charge in [-0.1, -0.05) is 76.6 Å². The van der Waals surface area contributed by atoms with Gasteiger partial charge in [0.25, 0.3) is 0 Å². The van der Waals surface area contributed by atoms with E-state index in [1.807, 2.05) is 67.6 Å². The van der Waals surface area contributed by atoms with E-state index in [1.54, 1.807) is 0 Å². The average Bonchev–Trinajstić information content (AvgIpc) is 2.69. The van der Waals surface area contributed by atoms with Gasteiger partial charge in [-0.2, -0.15) is 0 Å². The van der Waals surface area contributed by atoms with Crippen LogP contribution in [0.25, 0.3) is 0 Å². The fraction of sp³-hybridized carbons (Fsp3) is 0.409. The predicted molar refractivity (Wildman–Crippen MR) is 109 cm³/mol. The highest BCUT2D eigenvalue weighted by Gasteiger charge is 2.46. The zero-order chi connectivity index (χ0) is 19.9. The summed E-state index contributed by atoms with van der Waals surface area (Å²) in [6.45, 7) is 4.15. The van der Waals surface area contributed by atoms with Gasteiger partial charge >= 0.3 is 5.97 Å². The lowest BCUT2D eigenvalue weighted by Crippen LogP contribution is -2.57. The highest BCUT2D eigenvalue weighted by atomic mass is 79.9. The maximum absolute atomic E-state index is 11.4. The van der Waals surface area contributed by atoms with Gasteiger partial charge in [0.2, 0.25) is 6.29 Å². The van der Waals surface area contributed by atoms with Gasteiger partial charge in [-0.25, -0.2) is 0 Å². The summed E-state index contributed by atoms with van der Waals surface area (Å²) in [6.07, 6.45) is -1.70. The van der Waals surface area contributed by atoms with E-state index in [0.29, 0.717) is 13.2 Å². The molecule has 5 atom stereocenters. The van der Waals surface area contributed by atoms with Crippen LogP contribution in [0.4, 0.5) is 0 Å². The maximum atomic E-state index is 11.4. The molecule has 0 aromatic heterocycles. The lowest BCUT2D eigenvalue weighted by atomic mass is 10.0. The zero-order valence-electron chi connectivity index (χ0n) is 16.0. The second-order valence-electron chi connectivity index (χ2n) is 6.79. The molecular weight excluding hydrogens is 424 g/mol. The Morgan fingerprint density at radius 3 is 1.93 bits per heavy atom. The number of hydrogen-bond acceptors (Lipinski definition) is 5. The lowest BCUT2D eigenvalue weighted by Gasteiger charge is -2.42. The molecule has 150 valence electrons. The van der Waals surface area contributed by atoms with Crippen LogP contribution in [-0.4, -0.2) is 35.4 Å². The molecule has 6 heteroatoms. The van der Waals surface area contributed by atoms with Crippen LogP contribution < -0.4 is 0 Å². The van der Waals surface area contributed by atoms with E-state index in [0.717, 1.165) is 11.1 Å². The molecule has 1 aliphatic rings. The molecule has 1 heterocycles. The molecule has 2 aromatic carbocycles. The third-order valence-electron chi connectivity index (χ3n) is 4.56. The first-order valence-electron chi connectivity index (χ1n) is 9.32. The Bertz CT molecular complexity index is 739. The van der Waals surface area contributed by atoms with Gasteiger partial charge in [0.1, 0.15) is 17.0 Å². The van der Waals surface area contributed by atoms with Crippen molar-refractivity contribution >= 4 is 21.9 Å². The molecule has 3 rings (SSSR count). The molecule has 5 nitrogen and oxygen atoms in total. The number of ether oxygens (including phenoxy) is 4. The number of esters is 1. The van der Waals surface area contributed by atoms with Gasteiger partial charge in [-0.3, -0.25) is 4.79 Å². The van der Waals surface area contributed by atoms with E-state index < -0.39 is 12.3 Å². The summed E-state index contributed by atoms with van der Waals surface area (Å²) in [6, 6.07) is 19.9. The van der Waals surface area contributed by atoms with Gasteiger partial charge in [0, 0.05) is 6.92 Å². The quantitative estimate of drug-likeness (QED) is 0.468. The molecule has 1 saturated heterocycles. The van der Waals surface area contributed by atoms with Gasteiger partial charge in [0.15, 0.2) is 0 Å². The standard InChI is InChI=1S/C22H25BrO5/c1-15-20(25-13-17-9-5-3-6-10-17)21(19(23)22(27-15)28-16(2)24)26-14-18-11-7-4-8-12-18/h3-12,15,19-22H,13-14H2,1-2H3/t15-,19-,20-,21-,22+/m0/s1. The van der Waals surface area contributed by atoms with Crippen molar-refractivity contribution < 1.29 is 23.7 Å². The average molecular weight is 449 g/mol. The molecule has 0 spiro atoms. The largest absolute Gasteiger partial charge is 0.435 e. The van der Waals surface area contributed by atoms with Crippen molar-refractivity contribution in [2.45, 2.75) is 56.5 Å². The van der Waals surface area contributed by atoms with E-state index in [9.17, 15) is 4.79 Å². The molecule has 0 radical (unpaired) electrons. The van der Waals surface area contributed by atoms with Crippen molar-refractivity contribution in [1.29, 1.82) is 0 Å². The first-order chi connectivity index (χ1) is 13.5. The monoisotopic (exact) mass is 448 g/mol. The number of hydrogen-bond donors (Lipinski definition) is 0. The highest BCUT2D eigenvalue weighted by Crippen LogP contribution is 2.32. The molecule has 0 saturated carbocycles. The van der Waals surface area contributed by atoms with E-state index in [2.05, 4.69) is 15.9 Å². The molecular formula is C22H25BrO5. The number of alkyl halides is 1. The zero-order valence-corrected chi connectivity index (χ0v) is 17.6. The topological polar surface area (TPSA) is 54.0 Å². The van der Waals surface area contributed by atoms with Crippen LogP contribution in [0.15, 0.2) is 60.7 Å². The van der Waals surface area contributed by atoms with Crippen molar-refractivity contribution in [3.63, 3.8) is 0 Å². The van der Waals surface area contributed by atoms with Crippen molar-refractivity contribution in [3.8, 4) is 0 Å². The van der Waals surface area contributed by atoms with Gasteiger partial charge in [-0.05, 0) is 18.1 Å². The Morgan fingerprint density at radius 1 is 0.929 bits per heavy atom. The molecule has 2 aromatic rings. The maximum Gasteiger partial charge on any atom is 0.304 e. The van der Waals surface area contributed by atoms with Crippen LogP contribution in [0.5, 0.6) is 0 Å². The fourth-order valence-corrected chi connectivity index (χ4v) is 3.86. The molecule has 0 N–H and O–H groups in total. The molecule has 0 aliphatic carbocycles. The number of benzene rings is 2. The minimum absolute atomic E-state index is 0.303. The Hall–Kier alpha value is -1.73. The van der Waals surface area contributed by atoms with E-state index in [1.165, 1.54) is 6.92 Å².